The Bertz CT molecular complexity index is 406. The highest BCUT2D eigenvalue weighted by Crippen LogP contribution is 2.11. The molecule has 0 aliphatic carbocycles. The standard InChI is InChI=1S/C14H18FNO/c1-2-3-9-17-11-13-7-6-12(5-4-8-16)10-14(13)15/h6-7,10H,2-3,8-9,11,16H2,1H3. The highest BCUT2D eigenvalue weighted by molar-refractivity contribution is 5.37. The Balaban J connectivity index is 2.57. The molecule has 0 heterocycles. The fourth-order valence-corrected chi connectivity index (χ4v) is 1.32. The number of hydrogen-bond donors (Lipinski definition) is 1. The molecule has 17 heavy (non-hydrogen) atoms. The van der Waals surface area contributed by atoms with Gasteiger partial charge < -0.3 is 10.5 Å². The SMILES string of the molecule is CCCCOCc1ccc(C#CCN)cc1F. The van der Waals surface area contributed by atoms with Crippen LogP contribution in [0.15, 0.2) is 18.2 Å². The monoisotopic (exact) mass is 235 g/mol. The van der Waals surface area contributed by atoms with E-state index >= 15 is 0 Å². The molecule has 0 bridgehead atoms. The Hall–Kier alpha value is -1.37. The van der Waals surface area contributed by atoms with Crippen molar-refractivity contribution in [2.75, 3.05) is 13.2 Å². The van der Waals surface area contributed by atoms with Gasteiger partial charge in [-0.25, -0.2) is 4.39 Å². The summed E-state index contributed by atoms with van der Waals surface area (Å²) >= 11 is 0. The predicted molar refractivity (Wildman–Crippen MR) is 66.9 cm³/mol. The normalized spacial score (nSPS) is 9.82. The van der Waals surface area contributed by atoms with E-state index in [9.17, 15) is 4.39 Å². The zero-order valence-electron chi connectivity index (χ0n) is 10.1. The molecule has 2 nitrogen and oxygen atoms in total. The van der Waals surface area contributed by atoms with Crippen molar-refractivity contribution in [1.29, 1.82) is 0 Å². The maximum atomic E-state index is 13.6. The van der Waals surface area contributed by atoms with Crippen LogP contribution in [-0.2, 0) is 11.3 Å². The van der Waals surface area contributed by atoms with E-state index in [1.807, 2.05) is 0 Å². The van der Waals surface area contributed by atoms with Crippen molar-refractivity contribution < 1.29 is 9.13 Å². The first-order valence-corrected chi connectivity index (χ1v) is 5.83. The Morgan fingerprint density at radius 2 is 2.24 bits per heavy atom. The highest BCUT2D eigenvalue weighted by Gasteiger charge is 2.02. The third-order valence-corrected chi connectivity index (χ3v) is 2.29. The molecule has 3 heteroatoms. The van der Waals surface area contributed by atoms with Gasteiger partial charge in [-0.05, 0) is 18.6 Å². The third kappa shape index (κ3) is 4.99. The second-order valence-electron chi connectivity index (χ2n) is 3.72. The molecule has 0 spiro atoms. The van der Waals surface area contributed by atoms with Gasteiger partial charge in [0.15, 0.2) is 0 Å². The number of benzene rings is 1. The minimum atomic E-state index is -0.273. The Morgan fingerprint density at radius 3 is 2.88 bits per heavy atom. The molecule has 0 saturated carbocycles. The molecule has 1 aromatic carbocycles. The number of halogens is 1. The largest absolute Gasteiger partial charge is 0.377 e. The number of nitrogens with two attached hydrogens (primary N) is 1. The summed E-state index contributed by atoms with van der Waals surface area (Å²) in [5.41, 5.74) is 6.46. The van der Waals surface area contributed by atoms with Crippen molar-refractivity contribution >= 4 is 0 Å². The van der Waals surface area contributed by atoms with E-state index in [0.29, 0.717) is 24.3 Å². The number of unbranched alkanes of at least 4 members (excludes halogenated alkanes) is 1. The van der Waals surface area contributed by atoms with E-state index in [-0.39, 0.29) is 12.4 Å². The van der Waals surface area contributed by atoms with Crippen molar-refractivity contribution in [2.24, 2.45) is 5.73 Å². The molecule has 1 rings (SSSR count). The number of ether oxygens (including phenoxy) is 1. The third-order valence-electron chi connectivity index (χ3n) is 2.29. The van der Waals surface area contributed by atoms with Gasteiger partial charge >= 0.3 is 0 Å². The lowest BCUT2D eigenvalue weighted by atomic mass is 10.1. The van der Waals surface area contributed by atoms with Gasteiger partial charge in [0.05, 0.1) is 13.2 Å². The van der Waals surface area contributed by atoms with Gasteiger partial charge in [-0.15, -0.1) is 0 Å². The van der Waals surface area contributed by atoms with Crippen LogP contribution in [0.2, 0.25) is 0 Å². The Labute approximate surface area is 102 Å². The fourth-order valence-electron chi connectivity index (χ4n) is 1.32. The van der Waals surface area contributed by atoms with Crippen LogP contribution in [-0.4, -0.2) is 13.2 Å². The number of rotatable bonds is 5. The molecule has 0 aliphatic rings. The lowest BCUT2D eigenvalue weighted by molar-refractivity contribution is 0.115. The van der Waals surface area contributed by atoms with Crippen LogP contribution in [0, 0.1) is 17.7 Å². The average Bonchev–Trinajstić information content (AvgIpc) is 2.34. The first kappa shape index (κ1) is 13.7. The molecular weight excluding hydrogens is 217 g/mol. The van der Waals surface area contributed by atoms with Gasteiger partial charge in [-0.3, -0.25) is 0 Å². The Morgan fingerprint density at radius 1 is 1.41 bits per heavy atom. The molecule has 0 aromatic heterocycles. The fraction of sp³-hybridized carbons (Fsp3) is 0.429. The molecule has 0 radical (unpaired) electrons. The summed E-state index contributed by atoms with van der Waals surface area (Å²) < 4.78 is 19.0. The quantitative estimate of drug-likeness (QED) is 0.628. The van der Waals surface area contributed by atoms with Crippen LogP contribution < -0.4 is 5.73 Å². The summed E-state index contributed by atoms with van der Waals surface area (Å²) in [6, 6.07) is 4.91. The van der Waals surface area contributed by atoms with E-state index in [0.717, 1.165) is 12.8 Å². The number of hydrogen-bond acceptors (Lipinski definition) is 2. The summed E-state index contributed by atoms with van der Waals surface area (Å²) in [7, 11) is 0. The smallest absolute Gasteiger partial charge is 0.129 e. The van der Waals surface area contributed by atoms with E-state index < -0.39 is 0 Å². The molecule has 0 amide bonds. The second-order valence-corrected chi connectivity index (χ2v) is 3.72. The topological polar surface area (TPSA) is 35.2 Å². The van der Waals surface area contributed by atoms with Gasteiger partial charge in [0.2, 0.25) is 0 Å². The molecule has 0 atom stereocenters. The summed E-state index contributed by atoms with van der Waals surface area (Å²) in [6.45, 7) is 3.36. The molecule has 92 valence electrons. The van der Waals surface area contributed by atoms with E-state index in [1.54, 1.807) is 12.1 Å². The van der Waals surface area contributed by atoms with Crippen LogP contribution in [0.3, 0.4) is 0 Å². The van der Waals surface area contributed by atoms with Gasteiger partial charge in [0, 0.05) is 17.7 Å². The van der Waals surface area contributed by atoms with Gasteiger partial charge in [0.25, 0.3) is 0 Å². The second kappa shape index (κ2) is 7.83. The first-order chi connectivity index (χ1) is 8.27. The van der Waals surface area contributed by atoms with E-state index in [1.165, 1.54) is 6.07 Å². The van der Waals surface area contributed by atoms with Crippen molar-refractivity contribution in [2.45, 2.75) is 26.4 Å². The van der Waals surface area contributed by atoms with Crippen molar-refractivity contribution in [3.8, 4) is 11.8 Å². The molecule has 1 aromatic rings. The maximum Gasteiger partial charge on any atom is 0.129 e. The maximum absolute atomic E-state index is 13.6. The van der Waals surface area contributed by atoms with Gasteiger partial charge in [-0.2, -0.15) is 0 Å². The summed E-state index contributed by atoms with van der Waals surface area (Å²) in [5.74, 6) is 5.21. The summed E-state index contributed by atoms with van der Waals surface area (Å²) in [6.07, 6.45) is 2.08. The van der Waals surface area contributed by atoms with Gasteiger partial charge in [-0.1, -0.05) is 31.3 Å². The van der Waals surface area contributed by atoms with Crippen molar-refractivity contribution in [3.63, 3.8) is 0 Å². The highest BCUT2D eigenvalue weighted by atomic mass is 19.1. The van der Waals surface area contributed by atoms with Crippen LogP contribution >= 0.6 is 0 Å². The summed E-state index contributed by atoms with van der Waals surface area (Å²) in [4.78, 5) is 0. The van der Waals surface area contributed by atoms with Crippen LogP contribution in [0.1, 0.15) is 30.9 Å². The molecule has 0 fully saturated rings. The zero-order valence-corrected chi connectivity index (χ0v) is 10.1. The predicted octanol–water partition coefficient (Wildman–Crippen LogP) is 2.45. The van der Waals surface area contributed by atoms with Gasteiger partial charge in [0.1, 0.15) is 5.82 Å². The van der Waals surface area contributed by atoms with Crippen LogP contribution in [0.5, 0.6) is 0 Å². The summed E-state index contributed by atoms with van der Waals surface area (Å²) in [5, 5.41) is 0. The van der Waals surface area contributed by atoms with Crippen molar-refractivity contribution in [3.05, 3.63) is 35.1 Å². The molecule has 0 aliphatic heterocycles. The van der Waals surface area contributed by atoms with Crippen LogP contribution in [0.4, 0.5) is 4.39 Å². The molecule has 0 unspecified atom stereocenters. The lowest BCUT2D eigenvalue weighted by Gasteiger charge is -2.05. The van der Waals surface area contributed by atoms with Crippen molar-refractivity contribution in [1.82, 2.24) is 0 Å². The zero-order chi connectivity index (χ0) is 12.5. The van der Waals surface area contributed by atoms with E-state index in [4.69, 9.17) is 10.5 Å². The minimum Gasteiger partial charge on any atom is -0.377 e. The molecular formula is C14H18FNO. The Kier molecular flexibility index (Phi) is 6.31. The molecule has 0 saturated heterocycles. The van der Waals surface area contributed by atoms with E-state index in [2.05, 4.69) is 18.8 Å². The minimum absolute atomic E-state index is 0.273. The average molecular weight is 235 g/mol. The first-order valence-electron chi connectivity index (χ1n) is 5.83. The van der Waals surface area contributed by atoms with Crippen LogP contribution in [0.25, 0.3) is 0 Å². The lowest BCUT2D eigenvalue weighted by Crippen LogP contribution is -1.98. The molecule has 2 N–H and O–H groups in total.